The van der Waals surface area contributed by atoms with E-state index in [1.165, 1.54) is 23.5 Å². The van der Waals surface area contributed by atoms with Crippen molar-refractivity contribution in [3.63, 3.8) is 0 Å². The van der Waals surface area contributed by atoms with Gasteiger partial charge in [0, 0.05) is 5.56 Å². The summed E-state index contributed by atoms with van der Waals surface area (Å²) < 4.78 is 5.79. The van der Waals surface area contributed by atoms with E-state index < -0.39 is 17.5 Å². The number of aliphatic carboxylic acids is 1. The second-order valence-corrected chi connectivity index (χ2v) is 8.08. The zero-order chi connectivity index (χ0) is 20.3. The molecule has 5 nitrogen and oxygen atoms in total. The van der Waals surface area contributed by atoms with Crippen LogP contribution < -0.4 is 4.74 Å². The fourth-order valence-corrected chi connectivity index (χ4v) is 4.10. The Hall–Kier alpha value is -2.15. The Morgan fingerprint density at radius 3 is 2.25 bits per heavy atom. The Morgan fingerprint density at radius 2 is 1.68 bits per heavy atom. The molecule has 1 aromatic carbocycles. The van der Waals surface area contributed by atoms with Crippen molar-refractivity contribution in [3.8, 4) is 5.75 Å². The number of ether oxygens (including phenoxy) is 1. The number of halogens is 2. The van der Waals surface area contributed by atoms with Crippen LogP contribution in [-0.2, 0) is 4.79 Å². The van der Waals surface area contributed by atoms with Crippen LogP contribution in [0.2, 0.25) is 0 Å². The first-order valence-corrected chi connectivity index (χ1v) is 10.2. The highest BCUT2D eigenvalue weighted by molar-refractivity contribution is 7.12. The monoisotopic (exact) mass is 438 g/mol. The van der Waals surface area contributed by atoms with Crippen LogP contribution in [0.15, 0.2) is 51.8 Å². The molecule has 0 bridgehead atoms. The molecule has 1 aliphatic carbocycles. The summed E-state index contributed by atoms with van der Waals surface area (Å²) >= 11 is 13.3. The number of carbonyl (C=O) groups is 3. The lowest BCUT2D eigenvalue weighted by atomic mass is 10.1. The molecule has 1 fully saturated rings. The number of Topliss-reactive ketones (excluding diaryl/α,β-unsaturated/α-hetero) is 2. The molecule has 0 unspecified atom stereocenters. The van der Waals surface area contributed by atoms with Crippen molar-refractivity contribution in [3.05, 3.63) is 62.3 Å². The van der Waals surface area contributed by atoms with Crippen LogP contribution in [0, 0.1) is 5.92 Å². The zero-order valence-electron chi connectivity index (χ0n) is 14.6. The summed E-state index contributed by atoms with van der Waals surface area (Å²) in [6.07, 6.45) is 1.56. The molecule has 1 N–H and O–H groups in total. The van der Waals surface area contributed by atoms with Gasteiger partial charge in [-0.3, -0.25) is 14.4 Å². The van der Waals surface area contributed by atoms with Gasteiger partial charge in [-0.05, 0) is 55.0 Å². The van der Waals surface area contributed by atoms with Crippen LogP contribution in [-0.4, -0.2) is 28.7 Å². The summed E-state index contributed by atoms with van der Waals surface area (Å²) in [6.45, 7) is 0. The van der Waals surface area contributed by atoms with Crippen LogP contribution >= 0.6 is 34.5 Å². The van der Waals surface area contributed by atoms with Gasteiger partial charge in [0.2, 0.25) is 11.6 Å². The average Bonchev–Trinajstić information content (AvgIpc) is 3.38. The molecule has 0 saturated heterocycles. The van der Waals surface area contributed by atoms with E-state index in [0.717, 1.165) is 0 Å². The van der Waals surface area contributed by atoms with E-state index in [0.29, 0.717) is 29.9 Å². The number of thiophene rings is 1. The van der Waals surface area contributed by atoms with E-state index in [1.54, 1.807) is 29.6 Å². The number of rotatable bonds is 7. The molecule has 0 radical (unpaired) electrons. The van der Waals surface area contributed by atoms with Crippen LogP contribution in [0.4, 0.5) is 0 Å². The SMILES string of the molecule is O=C(/C(Cl)=C(\Cl)C(=O)c1cccs1)c1ccc(O[C@H]2CC[C@H](C(=O)O)C2)cc1. The largest absolute Gasteiger partial charge is 0.490 e. The van der Waals surface area contributed by atoms with Gasteiger partial charge in [-0.1, -0.05) is 29.3 Å². The minimum atomic E-state index is -0.803. The third-order valence-corrected chi connectivity index (χ3v) is 6.18. The molecule has 1 saturated carbocycles. The standard InChI is InChI=1S/C20H16Cl2O5S/c21-16(17(22)19(24)15-2-1-9-28-15)18(23)11-3-6-13(7-4-11)27-14-8-5-12(10-14)20(25)26/h1-4,6-7,9,12,14H,5,8,10H2,(H,25,26)/b17-16+/t12-,14-/m0/s1. The summed E-state index contributed by atoms with van der Waals surface area (Å²) in [5.41, 5.74) is 0.268. The molecule has 8 heteroatoms. The first kappa shape index (κ1) is 20.6. The van der Waals surface area contributed by atoms with E-state index in [1.807, 2.05) is 0 Å². The lowest BCUT2D eigenvalue weighted by Gasteiger charge is -2.13. The van der Waals surface area contributed by atoms with Crippen molar-refractivity contribution >= 4 is 52.1 Å². The van der Waals surface area contributed by atoms with E-state index in [2.05, 4.69) is 0 Å². The summed E-state index contributed by atoms with van der Waals surface area (Å²) in [7, 11) is 0. The number of benzene rings is 1. The van der Waals surface area contributed by atoms with Gasteiger partial charge in [0.25, 0.3) is 0 Å². The fraction of sp³-hybridized carbons (Fsp3) is 0.250. The Morgan fingerprint density at radius 1 is 1.00 bits per heavy atom. The number of carboxylic acid groups (broad SMARTS) is 1. The normalized spacial score (nSPS) is 19.8. The number of hydrogen-bond donors (Lipinski definition) is 1. The lowest BCUT2D eigenvalue weighted by Crippen LogP contribution is -2.15. The maximum Gasteiger partial charge on any atom is 0.306 e. The minimum absolute atomic E-state index is 0.163. The van der Waals surface area contributed by atoms with E-state index in [-0.39, 0.29) is 27.6 Å². The van der Waals surface area contributed by atoms with Gasteiger partial charge in [-0.25, -0.2) is 0 Å². The first-order valence-electron chi connectivity index (χ1n) is 8.54. The first-order chi connectivity index (χ1) is 13.4. The van der Waals surface area contributed by atoms with Crippen molar-refractivity contribution in [2.24, 2.45) is 5.92 Å². The molecule has 1 aliphatic rings. The predicted molar refractivity (Wildman–Crippen MR) is 108 cm³/mol. The Kier molecular flexibility index (Phi) is 6.54. The lowest BCUT2D eigenvalue weighted by molar-refractivity contribution is -0.141. The second-order valence-electron chi connectivity index (χ2n) is 6.38. The van der Waals surface area contributed by atoms with Crippen molar-refractivity contribution in [1.29, 1.82) is 0 Å². The molecule has 146 valence electrons. The number of carbonyl (C=O) groups excluding carboxylic acids is 2. The van der Waals surface area contributed by atoms with Gasteiger partial charge >= 0.3 is 5.97 Å². The number of ketones is 2. The number of carboxylic acids is 1. The van der Waals surface area contributed by atoms with Gasteiger partial charge in [0.15, 0.2) is 0 Å². The molecule has 0 aliphatic heterocycles. The van der Waals surface area contributed by atoms with E-state index >= 15 is 0 Å². The molecule has 1 aromatic heterocycles. The predicted octanol–water partition coefficient (Wildman–Crippen LogP) is 5.14. The maximum absolute atomic E-state index is 12.5. The highest BCUT2D eigenvalue weighted by atomic mass is 35.5. The van der Waals surface area contributed by atoms with Crippen LogP contribution in [0.1, 0.15) is 39.3 Å². The maximum atomic E-state index is 12.5. The van der Waals surface area contributed by atoms with Gasteiger partial charge in [-0.15, -0.1) is 11.3 Å². The summed E-state index contributed by atoms with van der Waals surface area (Å²) in [4.78, 5) is 36.1. The van der Waals surface area contributed by atoms with Crippen molar-refractivity contribution in [2.75, 3.05) is 0 Å². The van der Waals surface area contributed by atoms with Gasteiger partial charge in [0.1, 0.15) is 15.8 Å². The molecule has 1 heterocycles. The van der Waals surface area contributed by atoms with Gasteiger partial charge in [-0.2, -0.15) is 0 Å². The summed E-state index contributed by atoms with van der Waals surface area (Å²) in [5, 5.41) is 10.1. The molecule has 3 rings (SSSR count). The average molecular weight is 439 g/mol. The molecule has 28 heavy (non-hydrogen) atoms. The molecule has 0 amide bonds. The Bertz CT molecular complexity index is 919. The smallest absolute Gasteiger partial charge is 0.306 e. The number of hydrogen-bond acceptors (Lipinski definition) is 5. The Labute approximate surface area is 175 Å². The molecule has 2 aromatic rings. The fourth-order valence-electron chi connectivity index (χ4n) is 2.99. The summed E-state index contributed by atoms with van der Waals surface area (Å²) in [5.74, 6) is -1.70. The van der Waals surface area contributed by atoms with E-state index in [9.17, 15) is 14.4 Å². The topological polar surface area (TPSA) is 80.7 Å². The third-order valence-electron chi connectivity index (χ3n) is 4.49. The van der Waals surface area contributed by atoms with Gasteiger partial charge in [0.05, 0.1) is 16.9 Å². The molecule has 2 atom stereocenters. The quantitative estimate of drug-likeness (QED) is 0.478. The van der Waals surface area contributed by atoms with Crippen molar-refractivity contribution in [1.82, 2.24) is 0 Å². The molecular formula is C20H16Cl2O5S. The van der Waals surface area contributed by atoms with Gasteiger partial charge < -0.3 is 9.84 Å². The van der Waals surface area contributed by atoms with Crippen LogP contribution in [0.25, 0.3) is 0 Å². The number of allylic oxidation sites excluding steroid dienone is 2. The molecular weight excluding hydrogens is 423 g/mol. The van der Waals surface area contributed by atoms with Crippen molar-refractivity contribution < 1.29 is 24.2 Å². The van der Waals surface area contributed by atoms with Crippen molar-refractivity contribution in [2.45, 2.75) is 25.4 Å². The highest BCUT2D eigenvalue weighted by Crippen LogP contribution is 2.30. The molecule has 0 spiro atoms. The Balaban J connectivity index is 1.67. The minimum Gasteiger partial charge on any atom is -0.490 e. The van der Waals surface area contributed by atoms with E-state index in [4.69, 9.17) is 33.0 Å². The zero-order valence-corrected chi connectivity index (χ0v) is 16.9. The van der Waals surface area contributed by atoms with Crippen LogP contribution in [0.5, 0.6) is 5.75 Å². The summed E-state index contributed by atoms with van der Waals surface area (Å²) in [6, 6.07) is 9.60. The highest BCUT2D eigenvalue weighted by Gasteiger charge is 2.31. The second kappa shape index (κ2) is 8.90. The third kappa shape index (κ3) is 4.63. The van der Waals surface area contributed by atoms with Crippen LogP contribution in [0.3, 0.4) is 0 Å².